The zero-order valence-electron chi connectivity index (χ0n) is 12.0. The summed E-state index contributed by atoms with van der Waals surface area (Å²) in [5, 5.41) is 17.7. The van der Waals surface area contributed by atoms with Crippen LogP contribution in [-0.4, -0.2) is 31.9 Å². The maximum atomic E-state index is 10.2. The van der Waals surface area contributed by atoms with E-state index in [0.717, 1.165) is 17.6 Å². The normalized spacial score (nSPS) is 14.8. The standard InChI is InChI=1S/C14H22N4O/c1-10(2)8-14(4,19)9-15-13-16-12-7-11(3)5-6-18(12)17-13/h5-7,10,19H,8-9H2,1-4H3,(H,15,17). The number of nitrogens with one attached hydrogen (secondary N) is 1. The van der Waals surface area contributed by atoms with Gasteiger partial charge in [-0.3, -0.25) is 0 Å². The molecule has 5 nitrogen and oxygen atoms in total. The summed E-state index contributed by atoms with van der Waals surface area (Å²) < 4.78 is 1.73. The van der Waals surface area contributed by atoms with Crippen LogP contribution in [0.15, 0.2) is 18.3 Å². The number of rotatable bonds is 5. The van der Waals surface area contributed by atoms with E-state index in [-0.39, 0.29) is 0 Å². The molecule has 0 aliphatic heterocycles. The Hall–Kier alpha value is -1.62. The van der Waals surface area contributed by atoms with Crippen molar-refractivity contribution in [3.05, 3.63) is 23.9 Å². The van der Waals surface area contributed by atoms with E-state index in [0.29, 0.717) is 18.4 Å². The first kappa shape index (κ1) is 13.8. The number of fused-ring (bicyclic) bond motifs is 1. The molecule has 2 aromatic heterocycles. The third-order valence-corrected chi connectivity index (χ3v) is 2.97. The van der Waals surface area contributed by atoms with Gasteiger partial charge in [-0.15, -0.1) is 5.10 Å². The van der Waals surface area contributed by atoms with Gasteiger partial charge in [0.2, 0.25) is 5.95 Å². The molecule has 0 amide bonds. The van der Waals surface area contributed by atoms with Gasteiger partial charge in [-0.1, -0.05) is 13.8 Å². The molecule has 0 spiro atoms. The van der Waals surface area contributed by atoms with Gasteiger partial charge in [-0.25, -0.2) is 4.52 Å². The van der Waals surface area contributed by atoms with Crippen molar-refractivity contribution in [3.8, 4) is 0 Å². The Morgan fingerprint density at radius 2 is 2.21 bits per heavy atom. The molecule has 0 aliphatic carbocycles. The molecule has 0 fully saturated rings. The highest BCUT2D eigenvalue weighted by molar-refractivity contribution is 5.45. The Labute approximate surface area is 113 Å². The average molecular weight is 262 g/mol. The van der Waals surface area contributed by atoms with Crippen molar-refractivity contribution in [1.82, 2.24) is 14.6 Å². The first-order valence-electron chi connectivity index (χ1n) is 6.65. The first-order chi connectivity index (χ1) is 8.85. The monoisotopic (exact) mass is 262 g/mol. The largest absolute Gasteiger partial charge is 0.388 e. The maximum absolute atomic E-state index is 10.2. The fourth-order valence-corrected chi connectivity index (χ4v) is 2.28. The zero-order chi connectivity index (χ0) is 14.0. The molecule has 2 rings (SSSR count). The van der Waals surface area contributed by atoms with Gasteiger partial charge in [0.05, 0.1) is 5.60 Å². The van der Waals surface area contributed by atoms with Crippen molar-refractivity contribution in [2.75, 3.05) is 11.9 Å². The minimum absolute atomic E-state index is 0.445. The van der Waals surface area contributed by atoms with E-state index in [9.17, 15) is 5.11 Å². The molecule has 2 heterocycles. The molecule has 0 aliphatic rings. The molecule has 0 aromatic carbocycles. The van der Waals surface area contributed by atoms with Crippen molar-refractivity contribution in [1.29, 1.82) is 0 Å². The van der Waals surface area contributed by atoms with Crippen molar-refractivity contribution in [2.24, 2.45) is 5.92 Å². The highest BCUT2D eigenvalue weighted by atomic mass is 16.3. The van der Waals surface area contributed by atoms with E-state index in [2.05, 4.69) is 29.2 Å². The smallest absolute Gasteiger partial charge is 0.243 e. The minimum atomic E-state index is -0.748. The Balaban J connectivity index is 2.05. The van der Waals surface area contributed by atoms with Gasteiger partial charge < -0.3 is 10.4 Å². The molecule has 0 radical (unpaired) electrons. The van der Waals surface area contributed by atoms with E-state index in [4.69, 9.17) is 0 Å². The lowest BCUT2D eigenvalue weighted by atomic mass is 9.94. The van der Waals surface area contributed by atoms with Crippen LogP contribution in [0.25, 0.3) is 5.65 Å². The van der Waals surface area contributed by atoms with Crippen molar-refractivity contribution >= 4 is 11.6 Å². The van der Waals surface area contributed by atoms with E-state index in [1.807, 2.05) is 32.2 Å². The van der Waals surface area contributed by atoms with Gasteiger partial charge in [-0.2, -0.15) is 4.98 Å². The fraction of sp³-hybridized carbons (Fsp3) is 0.571. The second-order valence-corrected chi connectivity index (χ2v) is 5.89. The third kappa shape index (κ3) is 3.67. The molecule has 2 N–H and O–H groups in total. The molecule has 0 saturated carbocycles. The molecule has 5 heteroatoms. The number of hydrogen-bond acceptors (Lipinski definition) is 4. The number of hydrogen-bond donors (Lipinski definition) is 2. The predicted molar refractivity (Wildman–Crippen MR) is 76.3 cm³/mol. The molecule has 1 unspecified atom stereocenters. The van der Waals surface area contributed by atoms with Crippen LogP contribution in [0.1, 0.15) is 32.8 Å². The summed E-state index contributed by atoms with van der Waals surface area (Å²) in [6.45, 7) is 8.50. The Kier molecular flexibility index (Phi) is 3.75. The van der Waals surface area contributed by atoms with Crippen LogP contribution in [0, 0.1) is 12.8 Å². The number of aliphatic hydroxyl groups is 1. The number of anilines is 1. The lowest BCUT2D eigenvalue weighted by molar-refractivity contribution is 0.0514. The molecular weight excluding hydrogens is 240 g/mol. The molecule has 19 heavy (non-hydrogen) atoms. The fourth-order valence-electron chi connectivity index (χ4n) is 2.28. The van der Waals surface area contributed by atoms with E-state index in [1.54, 1.807) is 4.52 Å². The summed E-state index contributed by atoms with van der Waals surface area (Å²) in [4.78, 5) is 4.39. The van der Waals surface area contributed by atoms with Crippen LogP contribution in [-0.2, 0) is 0 Å². The van der Waals surface area contributed by atoms with E-state index < -0.39 is 5.60 Å². The maximum Gasteiger partial charge on any atom is 0.243 e. The summed E-state index contributed by atoms with van der Waals surface area (Å²) in [5.41, 5.74) is 1.21. The molecule has 104 valence electrons. The highest BCUT2D eigenvalue weighted by Crippen LogP contribution is 2.17. The lowest BCUT2D eigenvalue weighted by Crippen LogP contribution is -2.35. The summed E-state index contributed by atoms with van der Waals surface area (Å²) >= 11 is 0. The van der Waals surface area contributed by atoms with Gasteiger partial charge >= 0.3 is 0 Å². The second-order valence-electron chi connectivity index (χ2n) is 5.89. The number of aromatic nitrogens is 3. The SMILES string of the molecule is Cc1ccn2nc(NCC(C)(O)CC(C)C)nc2c1. The van der Waals surface area contributed by atoms with Crippen molar-refractivity contribution in [3.63, 3.8) is 0 Å². The quantitative estimate of drug-likeness (QED) is 0.867. The number of nitrogens with zero attached hydrogens (tertiary/aromatic N) is 3. The third-order valence-electron chi connectivity index (χ3n) is 2.97. The van der Waals surface area contributed by atoms with Gasteiger partial charge in [0.25, 0.3) is 0 Å². The zero-order valence-corrected chi connectivity index (χ0v) is 12.0. The van der Waals surface area contributed by atoms with Gasteiger partial charge in [0, 0.05) is 12.7 Å². The Morgan fingerprint density at radius 1 is 1.47 bits per heavy atom. The topological polar surface area (TPSA) is 62.5 Å². The molecular formula is C14H22N4O. The minimum Gasteiger partial charge on any atom is -0.388 e. The predicted octanol–water partition coefficient (Wildman–Crippen LogP) is 2.25. The van der Waals surface area contributed by atoms with Crippen molar-refractivity contribution in [2.45, 2.75) is 39.7 Å². The van der Waals surface area contributed by atoms with Crippen LogP contribution in [0.3, 0.4) is 0 Å². The van der Waals surface area contributed by atoms with E-state index >= 15 is 0 Å². The molecule has 0 saturated heterocycles. The number of pyridine rings is 1. The summed E-state index contributed by atoms with van der Waals surface area (Å²) in [6, 6.07) is 3.96. The summed E-state index contributed by atoms with van der Waals surface area (Å²) in [6.07, 6.45) is 2.63. The van der Waals surface area contributed by atoms with Gasteiger partial charge in [-0.05, 0) is 43.9 Å². The van der Waals surface area contributed by atoms with Crippen LogP contribution >= 0.6 is 0 Å². The van der Waals surface area contributed by atoms with Gasteiger partial charge in [0.15, 0.2) is 5.65 Å². The van der Waals surface area contributed by atoms with Crippen LogP contribution in [0.2, 0.25) is 0 Å². The molecule has 2 aromatic rings. The first-order valence-corrected chi connectivity index (χ1v) is 6.65. The number of aryl methyl sites for hydroxylation is 1. The molecule has 0 bridgehead atoms. The average Bonchev–Trinajstić information content (AvgIpc) is 2.66. The second kappa shape index (κ2) is 5.17. The van der Waals surface area contributed by atoms with E-state index in [1.165, 1.54) is 0 Å². The van der Waals surface area contributed by atoms with Crippen LogP contribution in [0.5, 0.6) is 0 Å². The van der Waals surface area contributed by atoms with Crippen LogP contribution in [0.4, 0.5) is 5.95 Å². The Morgan fingerprint density at radius 3 is 2.89 bits per heavy atom. The summed E-state index contributed by atoms with van der Waals surface area (Å²) in [5.74, 6) is 1.00. The highest BCUT2D eigenvalue weighted by Gasteiger charge is 2.22. The molecule has 1 atom stereocenters. The lowest BCUT2D eigenvalue weighted by Gasteiger charge is -2.25. The Bertz CT molecular complexity index is 560. The van der Waals surface area contributed by atoms with Crippen LogP contribution < -0.4 is 5.32 Å². The summed E-state index contributed by atoms with van der Waals surface area (Å²) in [7, 11) is 0. The van der Waals surface area contributed by atoms with Gasteiger partial charge in [0.1, 0.15) is 0 Å². The van der Waals surface area contributed by atoms with Crippen molar-refractivity contribution < 1.29 is 5.11 Å².